The van der Waals surface area contributed by atoms with Crippen LogP contribution in [0.15, 0.2) is 36.9 Å². The Labute approximate surface area is 139 Å². The summed E-state index contributed by atoms with van der Waals surface area (Å²) in [6.07, 6.45) is 5.65. The summed E-state index contributed by atoms with van der Waals surface area (Å²) in [6.45, 7) is 2.72. The second kappa shape index (κ2) is 7.49. The third kappa shape index (κ3) is 3.83. The molecule has 1 fully saturated rings. The van der Waals surface area contributed by atoms with Crippen LogP contribution < -0.4 is 5.32 Å². The van der Waals surface area contributed by atoms with Crippen molar-refractivity contribution in [1.29, 1.82) is 0 Å². The molecule has 2 aromatic rings. The fourth-order valence-corrected chi connectivity index (χ4v) is 2.46. The van der Waals surface area contributed by atoms with E-state index in [9.17, 15) is 9.59 Å². The zero-order valence-electron chi connectivity index (χ0n) is 13.1. The van der Waals surface area contributed by atoms with Crippen LogP contribution in [-0.2, 0) is 11.3 Å². The van der Waals surface area contributed by atoms with Crippen LogP contribution in [0.3, 0.4) is 0 Å². The molecule has 1 N–H and O–H groups in total. The van der Waals surface area contributed by atoms with Crippen molar-refractivity contribution >= 4 is 18.1 Å². The molecule has 8 heteroatoms. The number of hydrogen-bond acceptors (Lipinski definition) is 6. The highest BCUT2D eigenvalue weighted by Gasteiger charge is 2.22. The van der Waals surface area contributed by atoms with Gasteiger partial charge in [0, 0.05) is 51.2 Å². The Balaban J connectivity index is 1.62. The summed E-state index contributed by atoms with van der Waals surface area (Å²) >= 11 is 0. The van der Waals surface area contributed by atoms with Crippen molar-refractivity contribution in [3.63, 3.8) is 0 Å². The Kier molecular flexibility index (Phi) is 4.95. The number of anilines is 1. The smallest absolute Gasteiger partial charge is 0.272 e. The molecule has 0 bridgehead atoms. The molecule has 0 radical (unpaired) electrons. The van der Waals surface area contributed by atoms with Gasteiger partial charge in [-0.3, -0.25) is 14.6 Å². The lowest BCUT2D eigenvalue weighted by atomic mass is 10.2. The van der Waals surface area contributed by atoms with Crippen molar-refractivity contribution < 1.29 is 9.59 Å². The van der Waals surface area contributed by atoms with Gasteiger partial charge in [-0.2, -0.15) is 0 Å². The van der Waals surface area contributed by atoms with Gasteiger partial charge in [0.15, 0.2) is 0 Å². The normalized spacial score (nSPS) is 14.3. The van der Waals surface area contributed by atoms with Gasteiger partial charge in [0.2, 0.25) is 6.41 Å². The molecule has 1 aliphatic rings. The minimum atomic E-state index is -0.144. The summed E-state index contributed by atoms with van der Waals surface area (Å²) < 4.78 is 0. The van der Waals surface area contributed by atoms with Gasteiger partial charge < -0.3 is 15.1 Å². The standard InChI is InChI=1S/C16H18N6O2/c23-12-21-5-7-22(8-6-21)16(24)14-9-15(20-11-19-14)18-10-13-1-3-17-4-2-13/h1-4,9,11-12H,5-8,10H2,(H,18,19,20). The highest BCUT2D eigenvalue weighted by Crippen LogP contribution is 2.10. The Morgan fingerprint density at radius 2 is 1.92 bits per heavy atom. The molecule has 8 nitrogen and oxygen atoms in total. The number of pyridine rings is 1. The number of nitrogens with zero attached hydrogens (tertiary/aromatic N) is 5. The Hall–Kier alpha value is -3.03. The summed E-state index contributed by atoms with van der Waals surface area (Å²) in [7, 11) is 0. The van der Waals surface area contributed by atoms with Crippen LogP contribution in [0.2, 0.25) is 0 Å². The molecule has 24 heavy (non-hydrogen) atoms. The predicted molar refractivity (Wildman–Crippen MR) is 87.1 cm³/mol. The van der Waals surface area contributed by atoms with Crippen LogP contribution in [0.5, 0.6) is 0 Å². The second-order valence-electron chi connectivity index (χ2n) is 5.43. The van der Waals surface area contributed by atoms with Crippen LogP contribution in [0.25, 0.3) is 0 Å². The molecule has 0 aromatic carbocycles. The molecule has 1 saturated heterocycles. The van der Waals surface area contributed by atoms with E-state index >= 15 is 0 Å². The fourth-order valence-electron chi connectivity index (χ4n) is 2.46. The highest BCUT2D eigenvalue weighted by atomic mass is 16.2. The molecule has 0 atom stereocenters. The van der Waals surface area contributed by atoms with Crippen molar-refractivity contribution in [2.24, 2.45) is 0 Å². The first-order chi connectivity index (χ1) is 11.8. The van der Waals surface area contributed by atoms with Crippen molar-refractivity contribution in [3.8, 4) is 0 Å². The fraction of sp³-hybridized carbons (Fsp3) is 0.312. The van der Waals surface area contributed by atoms with Gasteiger partial charge in [0.05, 0.1) is 0 Å². The number of hydrogen-bond donors (Lipinski definition) is 1. The number of rotatable bonds is 5. The SMILES string of the molecule is O=CN1CCN(C(=O)c2cc(NCc3ccncc3)ncn2)CC1. The molecule has 1 aliphatic heterocycles. The Morgan fingerprint density at radius 3 is 2.62 bits per heavy atom. The zero-order chi connectivity index (χ0) is 16.8. The van der Waals surface area contributed by atoms with E-state index in [1.165, 1.54) is 6.33 Å². The van der Waals surface area contributed by atoms with Gasteiger partial charge in [-0.15, -0.1) is 0 Å². The van der Waals surface area contributed by atoms with Crippen LogP contribution in [-0.4, -0.2) is 63.2 Å². The van der Waals surface area contributed by atoms with Gasteiger partial charge in [-0.25, -0.2) is 9.97 Å². The average Bonchev–Trinajstić information content (AvgIpc) is 2.67. The number of piperazine rings is 1. The number of carbonyl (C=O) groups excluding carboxylic acids is 2. The van der Waals surface area contributed by atoms with E-state index in [0.717, 1.165) is 12.0 Å². The minimum absolute atomic E-state index is 0.144. The summed E-state index contributed by atoms with van der Waals surface area (Å²) in [4.78, 5) is 38.8. The van der Waals surface area contributed by atoms with Gasteiger partial charge in [0.1, 0.15) is 17.8 Å². The van der Waals surface area contributed by atoms with Crippen LogP contribution in [0, 0.1) is 0 Å². The predicted octanol–water partition coefficient (Wildman–Crippen LogP) is 0.398. The van der Waals surface area contributed by atoms with Gasteiger partial charge >= 0.3 is 0 Å². The summed E-state index contributed by atoms with van der Waals surface area (Å²) in [5, 5.41) is 3.17. The molecule has 0 spiro atoms. The monoisotopic (exact) mass is 326 g/mol. The summed E-state index contributed by atoms with van der Waals surface area (Å²) in [5.41, 5.74) is 1.42. The van der Waals surface area contributed by atoms with Crippen LogP contribution >= 0.6 is 0 Å². The maximum atomic E-state index is 12.5. The number of nitrogens with one attached hydrogen (secondary N) is 1. The Morgan fingerprint density at radius 1 is 1.17 bits per heavy atom. The first-order valence-corrected chi connectivity index (χ1v) is 7.70. The molecule has 0 unspecified atom stereocenters. The van der Waals surface area contributed by atoms with E-state index in [2.05, 4.69) is 20.3 Å². The lowest BCUT2D eigenvalue weighted by molar-refractivity contribution is -0.119. The third-order valence-corrected chi connectivity index (χ3v) is 3.86. The largest absolute Gasteiger partial charge is 0.366 e. The van der Waals surface area contributed by atoms with E-state index in [0.29, 0.717) is 44.2 Å². The first-order valence-electron chi connectivity index (χ1n) is 7.70. The van der Waals surface area contributed by atoms with Crippen LogP contribution in [0.1, 0.15) is 16.1 Å². The van der Waals surface area contributed by atoms with Crippen molar-refractivity contribution in [2.75, 3.05) is 31.5 Å². The lowest BCUT2D eigenvalue weighted by Crippen LogP contribution is -2.48. The van der Waals surface area contributed by atoms with Gasteiger partial charge in [0.25, 0.3) is 5.91 Å². The van der Waals surface area contributed by atoms with Crippen molar-refractivity contribution in [2.45, 2.75) is 6.54 Å². The van der Waals surface area contributed by atoms with Gasteiger partial charge in [-0.1, -0.05) is 0 Å². The average molecular weight is 326 g/mol. The molecule has 3 heterocycles. The molecular formula is C16H18N6O2. The van der Waals surface area contributed by atoms with E-state index in [1.54, 1.807) is 28.3 Å². The van der Waals surface area contributed by atoms with Crippen molar-refractivity contribution in [1.82, 2.24) is 24.8 Å². The molecular weight excluding hydrogens is 308 g/mol. The van der Waals surface area contributed by atoms with Crippen molar-refractivity contribution in [3.05, 3.63) is 48.2 Å². The van der Waals surface area contributed by atoms with E-state index in [-0.39, 0.29) is 5.91 Å². The van der Waals surface area contributed by atoms with Crippen LogP contribution in [0.4, 0.5) is 5.82 Å². The summed E-state index contributed by atoms with van der Waals surface area (Å²) in [5.74, 6) is 0.451. The van der Waals surface area contributed by atoms with E-state index < -0.39 is 0 Å². The second-order valence-corrected chi connectivity index (χ2v) is 5.43. The third-order valence-electron chi connectivity index (χ3n) is 3.86. The molecule has 0 saturated carbocycles. The first kappa shape index (κ1) is 15.9. The maximum Gasteiger partial charge on any atom is 0.272 e. The molecule has 2 aromatic heterocycles. The zero-order valence-corrected chi connectivity index (χ0v) is 13.1. The van der Waals surface area contributed by atoms with E-state index in [4.69, 9.17) is 0 Å². The highest BCUT2D eigenvalue weighted by molar-refractivity contribution is 5.93. The maximum absolute atomic E-state index is 12.5. The number of carbonyl (C=O) groups is 2. The summed E-state index contributed by atoms with van der Waals surface area (Å²) in [6, 6.07) is 5.47. The molecule has 2 amide bonds. The minimum Gasteiger partial charge on any atom is -0.366 e. The Bertz CT molecular complexity index is 701. The topological polar surface area (TPSA) is 91.3 Å². The van der Waals surface area contributed by atoms with Gasteiger partial charge in [-0.05, 0) is 17.7 Å². The number of amides is 2. The quantitative estimate of drug-likeness (QED) is 0.800. The van der Waals surface area contributed by atoms with E-state index in [1.807, 2.05) is 12.1 Å². The molecule has 0 aliphatic carbocycles. The number of aromatic nitrogens is 3. The molecule has 124 valence electrons. The molecule has 3 rings (SSSR count). The lowest BCUT2D eigenvalue weighted by Gasteiger charge is -2.32.